The molecule has 0 atom stereocenters. The summed E-state index contributed by atoms with van der Waals surface area (Å²) in [6.45, 7) is 1.65. The fraction of sp³-hybridized carbons (Fsp3) is 0.278. The molecular weight excluding hydrogens is 274 g/mol. The van der Waals surface area contributed by atoms with Gasteiger partial charge in [0, 0.05) is 54.2 Å². The Bertz CT molecular complexity index is 780. The van der Waals surface area contributed by atoms with E-state index in [9.17, 15) is 4.79 Å². The molecule has 22 heavy (non-hydrogen) atoms. The quantitative estimate of drug-likeness (QED) is 0.772. The van der Waals surface area contributed by atoms with E-state index >= 15 is 0 Å². The highest BCUT2D eigenvalue weighted by atomic mass is 16.2. The molecule has 1 saturated heterocycles. The van der Waals surface area contributed by atoms with Gasteiger partial charge in [-0.1, -0.05) is 0 Å². The fourth-order valence-corrected chi connectivity index (χ4v) is 3.33. The molecule has 3 heterocycles. The number of fused-ring (bicyclic) bond motifs is 1. The van der Waals surface area contributed by atoms with Gasteiger partial charge in [0.2, 0.25) is 0 Å². The molecule has 1 aliphatic rings. The number of hydrogen-bond acceptors (Lipinski definition) is 1. The first-order valence-corrected chi connectivity index (χ1v) is 7.80. The zero-order chi connectivity index (χ0) is 14.9. The summed E-state index contributed by atoms with van der Waals surface area (Å²) in [6.07, 6.45) is 8.17. The Morgan fingerprint density at radius 1 is 1.09 bits per heavy atom. The van der Waals surface area contributed by atoms with Crippen molar-refractivity contribution in [3.63, 3.8) is 0 Å². The zero-order valence-electron chi connectivity index (χ0n) is 12.4. The molecule has 3 aromatic rings. The van der Waals surface area contributed by atoms with Crippen molar-refractivity contribution < 1.29 is 4.79 Å². The lowest BCUT2D eigenvalue weighted by Gasteiger charge is -2.32. The van der Waals surface area contributed by atoms with E-state index in [-0.39, 0.29) is 5.91 Å². The largest absolute Gasteiger partial charge is 0.361 e. The first-order valence-electron chi connectivity index (χ1n) is 7.80. The molecule has 112 valence electrons. The second kappa shape index (κ2) is 5.37. The summed E-state index contributed by atoms with van der Waals surface area (Å²) in [7, 11) is 0. The van der Waals surface area contributed by atoms with Crippen LogP contribution in [-0.4, -0.2) is 33.4 Å². The molecule has 1 aromatic carbocycles. The van der Waals surface area contributed by atoms with Crippen LogP contribution < -0.4 is 0 Å². The maximum atomic E-state index is 12.7. The number of piperidine rings is 1. The second-order valence-electron chi connectivity index (χ2n) is 5.93. The normalized spacial score (nSPS) is 16.3. The number of carbonyl (C=O) groups is 1. The van der Waals surface area contributed by atoms with Gasteiger partial charge in [-0.3, -0.25) is 4.79 Å². The maximum absolute atomic E-state index is 12.7. The van der Waals surface area contributed by atoms with Crippen molar-refractivity contribution in [1.29, 1.82) is 0 Å². The van der Waals surface area contributed by atoms with Gasteiger partial charge in [0.1, 0.15) is 0 Å². The van der Waals surface area contributed by atoms with E-state index in [0.717, 1.165) is 42.4 Å². The third-order valence-electron chi connectivity index (χ3n) is 4.60. The molecule has 1 N–H and O–H groups in total. The van der Waals surface area contributed by atoms with Crippen molar-refractivity contribution in [1.82, 2.24) is 14.5 Å². The molecule has 0 aliphatic carbocycles. The number of nitrogens with one attached hydrogen (secondary N) is 1. The number of benzene rings is 1. The Morgan fingerprint density at radius 2 is 1.86 bits per heavy atom. The SMILES string of the molecule is O=C(c1ccc2[nH]ccc2c1)N1CCC(n2cccc2)CC1. The molecule has 4 nitrogen and oxygen atoms in total. The summed E-state index contributed by atoms with van der Waals surface area (Å²) in [5.74, 6) is 0.147. The van der Waals surface area contributed by atoms with Gasteiger partial charge in [0.15, 0.2) is 0 Å². The molecule has 0 unspecified atom stereocenters. The van der Waals surface area contributed by atoms with Crippen molar-refractivity contribution in [3.05, 3.63) is 60.6 Å². The van der Waals surface area contributed by atoms with Crippen LogP contribution in [0.4, 0.5) is 0 Å². The highest BCUT2D eigenvalue weighted by Gasteiger charge is 2.24. The van der Waals surface area contributed by atoms with Gasteiger partial charge in [-0.05, 0) is 49.2 Å². The number of aromatic nitrogens is 2. The van der Waals surface area contributed by atoms with Gasteiger partial charge < -0.3 is 14.5 Å². The Hall–Kier alpha value is -2.49. The minimum atomic E-state index is 0.147. The monoisotopic (exact) mass is 293 g/mol. The minimum absolute atomic E-state index is 0.147. The van der Waals surface area contributed by atoms with E-state index in [2.05, 4.69) is 34.1 Å². The van der Waals surface area contributed by atoms with Gasteiger partial charge in [0.05, 0.1) is 0 Å². The average molecular weight is 293 g/mol. The Labute approximate surface area is 129 Å². The van der Waals surface area contributed by atoms with Gasteiger partial charge in [-0.25, -0.2) is 0 Å². The van der Waals surface area contributed by atoms with E-state index in [4.69, 9.17) is 0 Å². The minimum Gasteiger partial charge on any atom is -0.361 e. The van der Waals surface area contributed by atoms with Crippen LogP contribution in [0, 0.1) is 0 Å². The summed E-state index contributed by atoms with van der Waals surface area (Å²) >= 11 is 0. The molecule has 1 fully saturated rings. The van der Waals surface area contributed by atoms with Crippen molar-refractivity contribution in [3.8, 4) is 0 Å². The number of likely N-dealkylation sites (tertiary alicyclic amines) is 1. The first kappa shape index (κ1) is 13.2. The smallest absolute Gasteiger partial charge is 0.253 e. The predicted octanol–water partition coefficient (Wildman–Crippen LogP) is 3.45. The van der Waals surface area contributed by atoms with Crippen LogP contribution in [0.25, 0.3) is 10.9 Å². The highest BCUT2D eigenvalue weighted by Crippen LogP contribution is 2.24. The first-order chi connectivity index (χ1) is 10.8. The van der Waals surface area contributed by atoms with Crippen LogP contribution in [0.3, 0.4) is 0 Å². The third kappa shape index (κ3) is 2.30. The van der Waals surface area contributed by atoms with Crippen LogP contribution >= 0.6 is 0 Å². The van der Waals surface area contributed by atoms with Crippen LogP contribution in [0.2, 0.25) is 0 Å². The number of amides is 1. The number of rotatable bonds is 2. The molecular formula is C18H19N3O. The summed E-state index contributed by atoms with van der Waals surface area (Å²) < 4.78 is 2.26. The highest BCUT2D eigenvalue weighted by molar-refractivity contribution is 5.98. The molecule has 2 aromatic heterocycles. The molecule has 1 amide bonds. The van der Waals surface area contributed by atoms with Crippen LogP contribution in [0.1, 0.15) is 29.2 Å². The number of carbonyl (C=O) groups excluding carboxylic acids is 1. The Balaban J connectivity index is 1.47. The van der Waals surface area contributed by atoms with Crippen molar-refractivity contribution in [2.75, 3.05) is 13.1 Å². The van der Waals surface area contributed by atoms with Crippen molar-refractivity contribution in [2.45, 2.75) is 18.9 Å². The number of H-pyrrole nitrogens is 1. The third-order valence-corrected chi connectivity index (χ3v) is 4.60. The Kier molecular flexibility index (Phi) is 3.22. The molecule has 0 radical (unpaired) electrons. The molecule has 0 bridgehead atoms. The number of hydrogen-bond donors (Lipinski definition) is 1. The lowest BCUT2D eigenvalue weighted by molar-refractivity contribution is 0.0695. The summed E-state index contributed by atoms with van der Waals surface area (Å²) in [5, 5.41) is 1.09. The summed E-state index contributed by atoms with van der Waals surface area (Å²) in [6, 6.07) is 12.5. The van der Waals surface area contributed by atoms with Crippen molar-refractivity contribution in [2.24, 2.45) is 0 Å². The lowest BCUT2D eigenvalue weighted by Crippen LogP contribution is -2.38. The summed E-state index contributed by atoms with van der Waals surface area (Å²) in [5.41, 5.74) is 1.86. The molecule has 4 rings (SSSR count). The van der Waals surface area contributed by atoms with Crippen LogP contribution in [0.15, 0.2) is 55.0 Å². The number of aromatic amines is 1. The second-order valence-corrected chi connectivity index (χ2v) is 5.93. The van der Waals surface area contributed by atoms with Crippen molar-refractivity contribution >= 4 is 16.8 Å². The van der Waals surface area contributed by atoms with Crippen LogP contribution in [0.5, 0.6) is 0 Å². The van der Waals surface area contributed by atoms with Gasteiger partial charge in [-0.2, -0.15) is 0 Å². The van der Waals surface area contributed by atoms with E-state index in [1.807, 2.05) is 35.4 Å². The van der Waals surface area contributed by atoms with E-state index in [1.54, 1.807) is 0 Å². The van der Waals surface area contributed by atoms with E-state index in [1.165, 1.54) is 0 Å². The predicted molar refractivity (Wildman–Crippen MR) is 86.9 cm³/mol. The maximum Gasteiger partial charge on any atom is 0.253 e. The fourth-order valence-electron chi connectivity index (χ4n) is 3.33. The molecule has 4 heteroatoms. The average Bonchev–Trinajstić information content (AvgIpc) is 3.25. The van der Waals surface area contributed by atoms with E-state index < -0.39 is 0 Å². The van der Waals surface area contributed by atoms with E-state index in [0.29, 0.717) is 6.04 Å². The lowest BCUT2D eigenvalue weighted by atomic mass is 10.0. The molecule has 1 aliphatic heterocycles. The van der Waals surface area contributed by atoms with Crippen LogP contribution in [-0.2, 0) is 0 Å². The number of nitrogens with zero attached hydrogens (tertiary/aromatic N) is 2. The van der Waals surface area contributed by atoms with Gasteiger partial charge >= 0.3 is 0 Å². The molecule has 0 saturated carbocycles. The summed E-state index contributed by atoms with van der Waals surface area (Å²) in [4.78, 5) is 17.8. The Morgan fingerprint density at radius 3 is 2.64 bits per heavy atom. The standard InChI is InChI=1S/C18H19N3O/c22-18(15-3-4-17-14(13-15)5-8-19-17)21-11-6-16(7-12-21)20-9-1-2-10-20/h1-5,8-10,13,16,19H,6-7,11-12H2. The van der Waals surface area contributed by atoms with Gasteiger partial charge in [0.25, 0.3) is 5.91 Å². The zero-order valence-corrected chi connectivity index (χ0v) is 12.4. The molecule has 0 spiro atoms. The topological polar surface area (TPSA) is 41.0 Å². The van der Waals surface area contributed by atoms with Gasteiger partial charge in [-0.15, -0.1) is 0 Å².